The van der Waals surface area contributed by atoms with Gasteiger partial charge in [-0.1, -0.05) is 74.8 Å². The Labute approximate surface area is 231 Å². The van der Waals surface area contributed by atoms with E-state index in [0.29, 0.717) is 36.8 Å². The molecule has 3 N–H and O–H groups in total. The van der Waals surface area contributed by atoms with Crippen LogP contribution in [0.3, 0.4) is 0 Å². The van der Waals surface area contributed by atoms with Crippen LogP contribution in [0.1, 0.15) is 55.5 Å². The lowest BCUT2D eigenvalue weighted by molar-refractivity contribution is -0.132. The summed E-state index contributed by atoms with van der Waals surface area (Å²) in [6.07, 6.45) is 1.74. The number of carbonyl (C=O) groups excluding carboxylic acids is 2. The Morgan fingerprint density at radius 2 is 1.79 bits per heavy atom. The lowest BCUT2D eigenvalue weighted by Gasteiger charge is -2.29. The summed E-state index contributed by atoms with van der Waals surface area (Å²) in [5, 5.41) is 12.7. The highest BCUT2D eigenvalue weighted by Gasteiger charge is 2.32. The fourth-order valence-corrected chi connectivity index (χ4v) is 5.24. The molecule has 0 radical (unpaired) electrons. The third kappa shape index (κ3) is 7.34. The van der Waals surface area contributed by atoms with Crippen LogP contribution in [-0.4, -0.2) is 61.0 Å². The van der Waals surface area contributed by atoms with Crippen molar-refractivity contribution in [3.8, 4) is 0 Å². The lowest BCUT2D eigenvalue weighted by Crippen LogP contribution is -2.54. The van der Waals surface area contributed by atoms with Gasteiger partial charge in [-0.2, -0.15) is 0 Å². The van der Waals surface area contributed by atoms with Crippen LogP contribution in [0.4, 0.5) is 0 Å². The first-order chi connectivity index (χ1) is 18.3. The summed E-state index contributed by atoms with van der Waals surface area (Å²) < 4.78 is 0. The molecule has 0 bridgehead atoms. The first-order valence-corrected chi connectivity index (χ1v) is 14.0. The van der Waals surface area contributed by atoms with Gasteiger partial charge in [-0.25, -0.2) is 0 Å². The fourth-order valence-electron chi connectivity index (χ4n) is 5.06. The molecule has 2 amide bonds. The van der Waals surface area contributed by atoms with Crippen molar-refractivity contribution in [3.05, 3.63) is 82.9 Å². The van der Waals surface area contributed by atoms with E-state index in [4.69, 9.17) is 11.6 Å². The molecular formula is C31H39ClN4O2. The summed E-state index contributed by atoms with van der Waals surface area (Å²) in [5.74, 6) is 0.288. The molecule has 3 aromatic rings. The van der Waals surface area contributed by atoms with Crippen LogP contribution in [0.15, 0.2) is 66.7 Å². The zero-order valence-corrected chi connectivity index (χ0v) is 23.3. The van der Waals surface area contributed by atoms with Gasteiger partial charge in [-0.15, -0.1) is 0 Å². The topological polar surface area (TPSA) is 73.5 Å². The van der Waals surface area contributed by atoms with E-state index in [0.717, 1.165) is 23.6 Å². The van der Waals surface area contributed by atoms with Crippen LogP contribution in [0.5, 0.6) is 0 Å². The molecule has 1 fully saturated rings. The van der Waals surface area contributed by atoms with Crippen LogP contribution in [0, 0.1) is 0 Å². The minimum atomic E-state index is -0.347. The largest absolute Gasteiger partial charge is 0.350 e. The molecule has 0 saturated carbocycles. The smallest absolute Gasteiger partial charge is 0.251 e. The zero-order valence-electron chi connectivity index (χ0n) is 22.5. The number of hydrogen-bond donors (Lipinski definition) is 3. The van der Waals surface area contributed by atoms with Crippen molar-refractivity contribution in [2.75, 3.05) is 26.2 Å². The third-order valence-corrected chi connectivity index (χ3v) is 7.54. The summed E-state index contributed by atoms with van der Waals surface area (Å²) >= 11 is 6.09. The Hall–Kier alpha value is -2.93. The number of fused-ring (bicyclic) bond motifs is 1. The van der Waals surface area contributed by atoms with Crippen molar-refractivity contribution in [1.29, 1.82) is 0 Å². The molecule has 1 unspecified atom stereocenters. The molecule has 0 aliphatic carbocycles. The quantitative estimate of drug-likeness (QED) is 0.343. The van der Waals surface area contributed by atoms with Gasteiger partial charge in [0.2, 0.25) is 5.91 Å². The van der Waals surface area contributed by atoms with E-state index in [-0.39, 0.29) is 35.9 Å². The standard InChI is InChI=1S/C31H39ClN4O2/c1-4-22(23-8-6-5-7-9-23)20-36-15-14-28(35-29(31(36)38)19-33-21(2)3)18-34-30(37)26-11-10-25-17-27(32)13-12-24(25)16-26/h5-13,16-17,21-22,28-29,33,35H,4,14-15,18-20H2,1-3H3,(H,34,37)/t22?,28-,29-/m0/s1. The molecule has 38 heavy (non-hydrogen) atoms. The molecule has 6 nitrogen and oxygen atoms in total. The van der Waals surface area contributed by atoms with Gasteiger partial charge in [0.1, 0.15) is 0 Å². The molecular weight excluding hydrogens is 496 g/mol. The van der Waals surface area contributed by atoms with Crippen molar-refractivity contribution in [2.24, 2.45) is 0 Å². The maximum atomic E-state index is 13.6. The highest BCUT2D eigenvalue weighted by atomic mass is 35.5. The van der Waals surface area contributed by atoms with Crippen LogP contribution in [-0.2, 0) is 4.79 Å². The van der Waals surface area contributed by atoms with E-state index in [1.807, 2.05) is 47.4 Å². The van der Waals surface area contributed by atoms with Gasteiger partial charge in [0.05, 0.1) is 6.04 Å². The van der Waals surface area contributed by atoms with Crippen molar-refractivity contribution in [1.82, 2.24) is 20.9 Å². The fraction of sp³-hybridized carbons (Fsp3) is 0.419. The van der Waals surface area contributed by atoms with Crippen LogP contribution in [0.25, 0.3) is 10.8 Å². The SMILES string of the molecule is CCC(CN1CC[C@@H](CNC(=O)c2ccc3cc(Cl)ccc3c2)N[C@@H](CNC(C)C)C1=O)c1ccccc1. The Kier molecular flexibility index (Phi) is 9.78. The normalized spacial score (nSPS) is 19.0. The number of benzene rings is 3. The van der Waals surface area contributed by atoms with E-state index in [2.05, 4.69) is 61.0 Å². The van der Waals surface area contributed by atoms with Gasteiger partial charge < -0.3 is 20.9 Å². The van der Waals surface area contributed by atoms with Crippen molar-refractivity contribution >= 4 is 34.2 Å². The predicted molar refractivity (Wildman–Crippen MR) is 156 cm³/mol. The second-order valence-corrected chi connectivity index (χ2v) is 10.9. The Bertz CT molecular complexity index is 1230. The average Bonchev–Trinajstić information content (AvgIpc) is 3.07. The van der Waals surface area contributed by atoms with Gasteiger partial charge in [0, 0.05) is 54.8 Å². The van der Waals surface area contributed by atoms with Gasteiger partial charge >= 0.3 is 0 Å². The number of halogens is 1. The number of amides is 2. The molecule has 1 heterocycles. The van der Waals surface area contributed by atoms with Crippen LogP contribution < -0.4 is 16.0 Å². The maximum Gasteiger partial charge on any atom is 0.251 e. The van der Waals surface area contributed by atoms with Gasteiger partial charge in [-0.05, 0) is 53.4 Å². The van der Waals surface area contributed by atoms with Gasteiger partial charge in [0.15, 0.2) is 0 Å². The minimum Gasteiger partial charge on any atom is -0.350 e. The first-order valence-electron chi connectivity index (χ1n) is 13.6. The Morgan fingerprint density at radius 1 is 1.05 bits per heavy atom. The van der Waals surface area contributed by atoms with Crippen LogP contribution in [0.2, 0.25) is 5.02 Å². The van der Waals surface area contributed by atoms with E-state index in [1.165, 1.54) is 5.56 Å². The van der Waals surface area contributed by atoms with Crippen LogP contribution >= 0.6 is 11.6 Å². The highest BCUT2D eigenvalue weighted by molar-refractivity contribution is 6.31. The zero-order chi connectivity index (χ0) is 27.1. The summed E-state index contributed by atoms with van der Waals surface area (Å²) in [5.41, 5.74) is 1.87. The van der Waals surface area contributed by atoms with Gasteiger partial charge in [0.25, 0.3) is 5.91 Å². The Balaban J connectivity index is 1.43. The predicted octanol–water partition coefficient (Wildman–Crippen LogP) is 4.97. The number of rotatable bonds is 10. The van der Waals surface area contributed by atoms with E-state index in [1.54, 1.807) is 0 Å². The monoisotopic (exact) mass is 534 g/mol. The molecule has 0 aromatic heterocycles. The molecule has 1 aliphatic rings. The molecule has 202 valence electrons. The summed E-state index contributed by atoms with van der Waals surface area (Å²) in [7, 11) is 0. The maximum absolute atomic E-state index is 13.6. The van der Waals surface area contributed by atoms with Crippen molar-refractivity contribution in [3.63, 3.8) is 0 Å². The molecule has 1 aliphatic heterocycles. The number of hydrogen-bond acceptors (Lipinski definition) is 4. The third-order valence-electron chi connectivity index (χ3n) is 7.30. The number of nitrogens with zero attached hydrogens (tertiary/aromatic N) is 1. The second-order valence-electron chi connectivity index (χ2n) is 10.5. The van der Waals surface area contributed by atoms with Crippen molar-refractivity contribution in [2.45, 2.75) is 57.7 Å². The average molecular weight is 535 g/mol. The van der Waals surface area contributed by atoms with E-state index in [9.17, 15) is 9.59 Å². The highest BCUT2D eigenvalue weighted by Crippen LogP contribution is 2.23. The lowest BCUT2D eigenvalue weighted by atomic mass is 9.95. The first kappa shape index (κ1) is 28.1. The summed E-state index contributed by atoms with van der Waals surface area (Å²) in [6.45, 7) is 8.69. The number of carbonyl (C=O) groups is 2. The van der Waals surface area contributed by atoms with E-state index < -0.39 is 0 Å². The summed E-state index contributed by atoms with van der Waals surface area (Å²) in [4.78, 5) is 28.6. The van der Waals surface area contributed by atoms with E-state index >= 15 is 0 Å². The Morgan fingerprint density at radius 3 is 2.53 bits per heavy atom. The minimum absolute atomic E-state index is 0.0112. The second kappa shape index (κ2) is 13.2. The molecule has 7 heteroatoms. The van der Waals surface area contributed by atoms with Gasteiger partial charge in [-0.3, -0.25) is 9.59 Å². The molecule has 1 saturated heterocycles. The van der Waals surface area contributed by atoms with Crippen molar-refractivity contribution < 1.29 is 9.59 Å². The molecule has 3 aromatic carbocycles. The molecule has 4 rings (SSSR count). The molecule has 0 spiro atoms. The summed E-state index contributed by atoms with van der Waals surface area (Å²) in [6, 6.07) is 21.6. The molecule has 3 atom stereocenters. The number of nitrogens with one attached hydrogen (secondary N) is 3.